The minimum absolute atomic E-state index is 0.101. The standard InChI is InChI=1S/C27H25N3OS/c31-26-16-23(19-13-14-19)29-27-21(10-6-11-22(27)28-26)25-15-20-9-4-5-12-24(20)30(25)32-17-18-7-2-1-3-8-18/h1-12,15,19,23,29H,13-14,16-17H2,(H,28,31). The largest absolute Gasteiger partial charge is 0.379 e. The maximum absolute atomic E-state index is 12.5. The van der Waals surface area contributed by atoms with Crippen LogP contribution in [-0.4, -0.2) is 15.9 Å². The van der Waals surface area contributed by atoms with Gasteiger partial charge >= 0.3 is 0 Å². The monoisotopic (exact) mass is 439 g/mol. The first kappa shape index (κ1) is 19.5. The third kappa shape index (κ3) is 3.67. The first-order valence-corrected chi connectivity index (χ1v) is 12.2. The van der Waals surface area contributed by atoms with Gasteiger partial charge in [0.15, 0.2) is 0 Å². The molecule has 1 atom stereocenters. The summed E-state index contributed by atoms with van der Waals surface area (Å²) in [4.78, 5) is 12.5. The molecule has 6 rings (SSSR count). The van der Waals surface area contributed by atoms with E-state index in [1.807, 2.05) is 24.1 Å². The van der Waals surface area contributed by atoms with Crippen molar-refractivity contribution in [1.29, 1.82) is 0 Å². The third-order valence-corrected chi connectivity index (χ3v) is 7.52. The van der Waals surface area contributed by atoms with Gasteiger partial charge in [-0.25, -0.2) is 0 Å². The minimum atomic E-state index is 0.101. The molecule has 32 heavy (non-hydrogen) atoms. The summed E-state index contributed by atoms with van der Waals surface area (Å²) in [6.07, 6.45) is 2.94. The summed E-state index contributed by atoms with van der Waals surface area (Å²) in [5, 5.41) is 8.12. The fourth-order valence-electron chi connectivity index (χ4n) is 4.62. The number of carbonyl (C=O) groups is 1. The highest BCUT2D eigenvalue weighted by Gasteiger charge is 2.35. The Morgan fingerprint density at radius 1 is 0.938 bits per heavy atom. The molecular weight excluding hydrogens is 414 g/mol. The molecule has 2 heterocycles. The molecule has 0 bridgehead atoms. The van der Waals surface area contributed by atoms with Crippen molar-refractivity contribution in [2.45, 2.75) is 31.1 Å². The molecule has 1 aromatic heterocycles. The van der Waals surface area contributed by atoms with Gasteiger partial charge in [0.1, 0.15) is 0 Å². The molecule has 5 heteroatoms. The molecule has 1 fully saturated rings. The summed E-state index contributed by atoms with van der Waals surface area (Å²) in [5.74, 6) is 1.58. The Kier molecular flexibility index (Phi) is 4.91. The lowest BCUT2D eigenvalue weighted by atomic mass is 10.1. The van der Waals surface area contributed by atoms with E-state index < -0.39 is 0 Å². The van der Waals surface area contributed by atoms with Crippen molar-refractivity contribution < 1.29 is 4.79 Å². The number of anilines is 2. The van der Waals surface area contributed by atoms with Gasteiger partial charge in [-0.1, -0.05) is 60.7 Å². The Labute approximate surface area is 192 Å². The zero-order chi connectivity index (χ0) is 21.5. The molecule has 0 saturated heterocycles. The van der Waals surface area contributed by atoms with Gasteiger partial charge in [0, 0.05) is 29.2 Å². The maximum atomic E-state index is 12.5. The van der Waals surface area contributed by atoms with Crippen LogP contribution in [0.2, 0.25) is 0 Å². The van der Waals surface area contributed by atoms with Gasteiger partial charge < -0.3 is 10.6 Å². The predicted octanol–water partition coefficient (Wildman–Crippen LogP) is 6.54. The first-order valence-electron chi connectivity index (χ1n) is 11.2. The van der Waals surface area contributed by atoms with Crippen LogP contribution in [0.4, 0.5) is 11.4 Å². The van der Waals surface area contributed by atoms with E-state index in [4.69, 9.17) is 0 Å². The Hall–Kier alpha value is -3.18. The minimum Gasteiger partial charge on any atom is -0.379 e. The van der Waals surface area contributed by atoms with Crippen LogP contribution in [0.5, 0.6) is 0 Å². The van der Waals surface area contributed by atoms with E-state index in [0.29, 0.717) is 12.3 Å². The Bertz CT molecular complexity index is 1290. The van der Waals surface area contributed by atoms with Gasteiger partial charge in [-0.05, 0) is 54.5 Å². The smallest absolute Gasteiger partial charge is 0.226 e. The summed E-state index contributed by atoms with van der Waals surface area (Å²) < 4.78 is 2.35. The number of nitrogens with zero attached hydrogens (tertiary/aromatic N) is 1. The predicted molar refractivity (Wildman–Crippen MR) is 134 cm³/mol. The highest BCUT2D eigenvalue weighted by molar-refractivity contribution is 7.97. The number of fused-ring (bicyclic) bond motifs is 2. The zero-order valence-corrected chi connectivity index (χ0v) is 18.6. The van der Waals surface area contributed by atoms with Crippen molar-refractivity contribution in [3.8, 4) is 11.3 Å². The number of nitrogens with one attached hydrogen (secondary N) is 2. The van der Waals surface area contributed by atoms with E-state index in [9.17, 15) is 4.79 Å². The molecule has 4 aromatic rings. The van der Waals surface area contributed by atoms with Crippen LogP contribution in [0.3, 0.4) is 0 Å². The van der Waals surface area contributed by atoms with Crippen LogP contribution in [0, 0.1) is 5.92 Å². The number of rotatable bonds is 5. The van der Waals surface area contributed by atoms with E-state index in [-0.39, 0.29) is 11.9 Å². The lowest BCUT2D eigenvalue weighted by molar-refractivity contribution is -0.116. The zero-order valence-electron chi connectivity index (χ0n) is 17.8. The highest BCUT2D eigenvalue weighted by atomic mass is 32.2. The van der Waals surface area contributed by atoms with Gasteiger partial charge in [0.25, 0.3) is 0 Å². The maximum Gasteiger partial charge on any atom is 0.226 e. The topological polar surface area (TPSA) is 46.1 Å². The fraction of sp³-hybridized carbons (Fsp3) is 0.222. The SMILES string of the molecule is O=C1CC(C2CC2)Nc2c(cccc2-c2cc3ccccc3n2SCc2ccccc2)N1. The number of hydrogen-bond acceptors (Lipinski definition) is 3. The average molecular weight is 440 g/mol. The van der Waals surface area contributed by atoms with Crippen molar-refractivity contribution in [2.24, 2.45) is 5.92 Å². The van der Waals surface area contributed by atoms with Gasteiger partial charge in [-0.3, -0.25) is 8.77 Å². The van der Waals surface area contributed by atoms with Crippen molar-refractivity contribution in [3.63, 3.8) is 0 Å². The first-order chi connectivity index (χ1) is 15.8. The van der Waals surface area contributed by atoms with Crippen LogP contribution in [-0.2, 0) is 10.5 Å². The van der Waals surface area contributed by atoms with Gasteiger partial charge in [0.2, 0.25) is 5.91 Å². The van der Waals surface area contributed by atoms with Crippen LogP contribution >= 0.6 is 11.9 Å². The number of amides is 1. The van der Waals surface area contributed by atoms with Crippen molar-refractivity contribution >= 4 is 40.1 Å². The third-order valence-electron chi connectivity index (χ3n) is 6.41. The molecule has 2 N–H and O–H groups in total. The van der Waals surface area contributed by atoms with Crippen LogP contribution in [0.15, 0.2) is 78.9 Å². The van der Waals surface area contributed by atoms with Crippen LogP contribution < -0.4 is 10.6 Å². The molecule has 3 aromatic carbocycles. The second-order valence-corrected chi connectivity index (χ2v) is 9.62. The number of hydrogen-bond donors (Lipinski definition) is 2. The van der Waals surface area contributed by atoms with Crippen LogP contribution in [0.1, 0.15) is 24.8 Å². The van der Waals surface area contributed by atoms with E-state index >= 15 is 0 Å². The molecular formula is C27H25N3OS. The van der Waals surface area contributed by atoms with Crippen molar-refractivity contribution in [1.82, 2.24) is 3.97 Å². The highest BCUT2D eigenvalue weighted by Crippen LogP contribution is 2.44. The second-order valence-electron chi connectivity index (χ2n) is 8.71. The van der Waals surface area contributed by atoms with Gasteiger partial charge in [-0.15, -0.1) is 0 Å². The quantitative estimate of drug-likeness (QED) is 0.371. The Morgan fingerprint density at radius 3 is 2.59 bits per heavy atom. The molecule has 1 amide bonds. The molecule has 4 nitrogen and oxygen atoms in total. The molecule has 0 spiro atoms. The molecule has 160 valence electrons. The lowest BCUT2D eigenvalue weighted by Crippen LogP contribution is -2.24. The fourth-order valence-corrected chi connectivity index (χ4v) is 5.68. The van der Waals surface area contributed by atoms with Crippen molar-refractivity contribution in [2.75, 3.05) is 10.6 Å². The molecule has 1 aliphatic carbocycles. The average Bonchev–Trinajstić information content (AvgIpc) is 3.61. The normalized spacial score (nSPS) is 18.0. The molecule has 1 unspecified atom stereocenters. The van der Waals surface area contributed by atoms with Gasteiger partial charge in [0.05, 0.1) is 22.6 Å². The molecule has 2 aliphatic rings. The van der Waals surface area contributed by atoms with E-state index in [2.05, 4.69) is 81.3 Å². The molecule has 0 radical (unpaired) electrons. The summed E-state index contributed by atoms with van der Waals surface area (Å²) in [5.41, 5.74) is 6.71. The number of benzene rings is 3. The van der Waals surface area contributed by atoms with Crippen molar-refractivity contribution in [3.05, 3.63) is 84.4 Å². The molecule has 1 aliphatic heterocycles. The van der Waals surface area contributed by atoms with E-state index in [0.717, 1.165) is 28.4 Å². The lowest BCUT2D eigenvalue weighted by Gasteiger charge is -2.20. The summed E-state index contributed by atoms with van der Waals surface area (Å²) in [7, 11) is 0. The number of para-hydroxylation sites is 2. The van der Waals surface area contributed by atoms with Crippen LogP contribution in [0.25, 0.3) is 22.2 Å². The summed E-state index contributed by atoms with van der Waals surface area (Å²) in [6, 6.07) is 27.8. The summed E-state index contributed by atoms with van der Waals surface area (Å²) in [6.45, 7) is 0. The van der Waals surface area contributed by atoms with E-state index in [1.165, 1.54) is 29.3 Å². The number of aromatic nitrogens is 1. The number of carbonyl (C=O) groups excluding carboxylic acids is 1. The van der Waals surface area contributed by atoms with E-state index in [1.54, 1.807) is 0 Å². The Morgan fingerprint density at radius 2 is 1.75 bits per heavy atom. The second kappa shape index (κ2) is 8.06. The summed E-state index contributed by atoms with van der Waals surface area (Å²) >= 11 is 1.81. The van der Waals surface area contributed by atoms with Gasteiger partial charge in [-0.2, -0.15) is 0 Å². The Balaban J connectivity index is 1.46. The molecule has 1 saturated carbocycles.